The predicted octanol–water partition coefficient (Wildman–Crippen LogP) is 4.52. The van der Waals surface area contributed by atoms with Crippen LogP contribution in [0.4, 0.5) is 17.6 Å². The standard InChI is InChI=1S/C21H28F4N4/c1-14(2)28(3)10-11-29-13-19(27-20(29)15-6-8-26-9-7-15)16-4-5-18(22)17(12-16)21(23,24)25/h4-5,12-15,26H,6-11H2,1-3H3. The van der Waals surface area contributed by atoms with Crippen molar-refractivity contribution in [1.82, 2.24) is 19.8 Å². The lowest BCUT2D eigenvalue weighted by Crippen LogP contribution is -2.31. The maximum atomic E-state index is 13.7. The molecule has 0 aliphatic carbocycles. The van der Waals surface area contributed by atoms with E-state index in [2.05, 4.69) is 28.6 Å². The van der Waals surface area contributed by atoms with E-state index in [1.54, 1.807) is 6.20 Å². The molecule has 1 aliphatic rings. The summed E-state index contributed by atoms with van der Waals surface area (Å²) >= 11 is 0. The molecule has 0 atom stereocenters. The summed E-state index contributed by atoms with van der Waals surface area (Å²) in [6, 6.07) is 3.48. The molecule has 0 saturated carbocycles. The lowest BCUT2D eigenvalue weighted by atomic mass is 9.97. The van der Waals surface area contributed by atoms with E-state index in [4.69, 9.17) is 4.98 Å². The first-order chi connectivity index (χ1) is 13.7. The quantitative estimate of drug-likeness (QED) is 0.709. The molecular weight excluding hydrogens is 384 g/mol. The number of nitrogens with one attached hydrogen (secondary N) is 1. The van der Waals surface area contributed by atoms with Gasteiger partial charge in [-0.25, -0.2) is 9.37 Å². The van der Waals surface area contributed by atoms with Crippen LogP contribution in [0.5, 0.6) is 0 Å². The van der Waals surface area contributed by atoms with Gasteiger partial charge < -0.3 is 14.8 Å². The number of nitrogens with zero attached hydrogens (tertiary/aromatic N) is 3. The Bertz CT molecular complexity index is 823. The normalized spacial score (nSPS) is 16.2. The average molecular weight is 412 g/mol. The molecule has 2 heterocycles. The molecule has 1 fully saturated rings. The maximum absolute atomic E-state index is 13.7. The molecule has 1 aromatic heterocycles. The third-order valence-electron chi connectivity index (χ3n) is 5.65. The number of halogens is 4. The summed E-state index contributed by atoms with van der Waals surface area (Å²) in [6.07, 6.45) is -1.05. The van der Waals surface area contributed by atoms with Gasteiger partial charge in [0.05, 0.1) is 11.3 Å². The summed E-state index contributed by atoms with van der Waals surface area (Å²) in [5.41, 5.74) is -0.520. The van der Waals surface area contributed by atoms with Crippen LogP contribution in [0.25, 0.3) is 11.3 Å². The van der Waals surface area contributed by atoms with Crippen LogP contribution >= 0.6 is 0 Å². The van der Waals surface area contributed by atoms with Gasteiger partial charge in [0, 0.05) is 36.8 Å². The molecule has 4 nitrogen and oxygen atoms in total. The highest BCUT2D eigenvalue weighted by Gasteiger charge is 2.34. The largest absolute Gasteiger partial charge is 0.419 e. The Hall–Kier alpha value is -1.93. The first-order valence-electron chi connectivity index (χ1n) is 10.0. The van der Waals surface area contributed by atoms with Crippen LogP contribution in [-0.2, 0) is 12.7 Å². The van der Waals surface area contributed by atoms with Crippen LogP contribution in [0.2, 0.25) is 0 Å². The van der Waals surface area contributed by atoms with E-state index in [-0.39, 0.29) is 11.5 Å². The third-order valence-corrected chi connectivity index (χ3v) is 5.65. The summed E-state index contributed by atoms with van der Waals surface area (Å²) in [4.78, 5) is 6.92. The van der Waals surface area contributed by atoms with E-state index in [9.17, 15) is 17.6 Å². The third kappa shape index (κ3) is 5.17. The Morgan fingerprint density at radius 2 is 1.93 bits per heavy atom. The number of aromatic nitrogens is 2. The summed E-state index contributed by atoms with van der Waals surface area (Å²) in [6.45, 7) is 7.53. The van der Waals surface area contributed by atoms with Crippen LogP contribution in [-0.4, -0.2) is 47.2 Å². The SMILES string of the molecule is CC(C)N(C)CCn1cc(-c2ccc(F)c(C(F)(F)F)c2)nc1C1CCNCC1. The van der Waals surface area contributed by atoms with Gasteiger partial charge in [0.2, 0.25) is 0 Å². The summed E-state index contributed by atoms with van der Waals surface area (Å²) < 4.78 is 55.1. The second kappa shape index (κ2) is 8.83. The monoisotopic (exact) mass is 412 g/mol. The van der Waals surface area contributed by atoms with Crippen molar-refractivity contribution in [3.05, 3.63) is 41.6 Å². The second-order valence-corrected chi connectivity index (χ2v) is 7.97. The zero-order valence-electron chi connectivity index (χ0n) is 17.1. The van der Waals surface area contributed by atoms with Gasteiger partial charge >= 0.3 is 6.18 Å². The predicted molar refractivity (Wildman–Crippen MR) is 105 cm³/mol. The molecule has 1 aliphatic heterocycles. The minimum Gasteiger partial charge on any atom is -0.333 e. The number of imidazole rings is 1. The topological polar surface area (TPSA) is 33.1 Å². The minimum atomic E-state index is -4.74. The van der Waals surface area contributed by atoms with E-state index in [0.29, 0.717) is 18.3 Å². The summed E-state index contributed by atoms with van der Waals surface area (Å²) in [7, 11) is 2.04. The Balaban J connectivity index is 1.95. The van der Waals surface area contributed by atoms with Crippen molar-refractivity contribution in [2.75, 3.05) is 26.7 Å². The first-order valence-corrected chi connectivity index (χ1v) is 10.0. The van der Waals surface area contributed by atoms with E-state index >= 15 is 0 Å². The number of alkyl halides is 3. The number of rotatable bonds is 6. The Morgan fingerprint density at radius 1 is 1.24 bits per heavy atom. The number of benzene rings is 1. The molecule has 8 heteroatoms. The van der Waals surface area contributed by atoms with Crippen molar-refractivity contribution >= 4 is 0 Å². The van der Waals surface area contributed by atoms with Crippen LogP contribution in [0.15, 0.2) is 24.4 Å². The number of piperidine rings is 1. The highest BCUT2D eigenvalue weighted by molar-refractivity contribution is 5.60. The van der Waals surface area contributed by atoms with E-state index in [1.807, 2.05) is 7.05 Å². The van der Waals surface area contributed by atoms with Gasteiger partial charge in [0.15, 0.2) is 0 Å². The molecule has 2 aromatic rings. The van der Waals surface area contributed by atoms with Gasteiger partial charge in [-0.15, -0.1) is 0 Å². The second-order valence-electron chi connectivity index (χ2n) is 7.97. The Kier molecular flexibility index (Phi) is 6.63. The summed E-state index contributed by atoms with van der Waals surface area (Å²) in [5.74, 6) is -0.105. The fraction of sp³-hybridized carbons (Fsp3) is 0.571. The molecule has 1 saturated heterocycles. The van der Waals surface area contributed by atoms with Crippen molar-refractivity contribution in [1.29, 1.82) is 0 Å². The van der Waals surface area contributed by atoms with Gasteiger partial charge in [-0.05, 0) is 65.0 Å². The van der Waals surface area contributed by atoms with Crippen molar-refractivity contribution < 1.29 is 17.6 Å². The fourth-order valence-corrected chi connectivity index (χ4v) is 3.58. The molecule has 0 unspecified atom stereocenters. The molecule has 1 N–H and O–H groups in total. The smallest absolute Gasteiger partial charge is 0.333 e. The molecule has 0 bridgehead atoms. The molecule has 0 radical (unpaired) electrons. The highest BCUT2D eigenvalue weighted by atomic mass is 19.4. The van der Waals surface area contributed by atoms with E-state index in [1.165, 1.54) is 6.07 Å². The highest BCUT2D eigenvalue weighted by Crippen LogP contribution is 2.35. The number of likely N-dealkylation sites (N-methyl/N-ethyl adjacent to an activating group) is 1. The van der Waals surface area contributed by atoms with Gasteiger partial charge in [-0.3, -0.25) is 0 Å². The molecule has 29 heavy (non-hydrogen) atoms. The van der Waals surface area contributed by atoms with Gasteiger partial charge in [-0.2, -0.15) is 13.2 Å². The molecule has 3 rings (SSSR count). The molecular formula is C21H28F4N4. The Morgan fingerprint density at radius 3 is 2.55 bits per heavy atom. The van der Waals surface area contributed by atoms with Gasteiger partial charge in [0.1, 0.15) is 11.6 Å². The summed E-state index contributed by atoms with van der Waals surface area (Å²) in [5, 5.41) is 3.33. The van der Waals surface area contributed by atoms with Crippen molar-refractivity contribution in [2.45, 2.75) is 51.4 Å². The molecule has 1 aromatic carbocycles. The van der Waals surface area contributed by atoms with E-state index < -0.39 is 17.6 Å². The Labute approximate surface area is 168 Å². The lowest BCUT2D eigenvalue weighted by molar-refractivity contribution is -0.139. The van der Waals surface area contributed by atoms with Crippen LogP contribution < -0.4 is 5.32 Å². The average Bonchev–Trinajstić information content (AvgIpc) is 3.10. The zero-order valence-corrected chi connectivity index (χ0v) is 17.1. The molecule has 0 amide bonds. The van der Waals surface area contributed by atoms with Crippen molar-refractivity contribution in [3.8, 4) is 11.3 Å². The van der Waals surface area contributed by atoms with Gasteiger partial charge in [-0.1, -0.05) is 0 Å². The lowest BCUT2D eigenvalue weighted by Gasteiger charge is -2.25. The van der Waals surface area contributed by atoms with Crippen LogP contribution in [0, 0.1) is 5.82 Å². The van der Waals surface area contributed by atoms with Crippen LogP contribution in [0.3, 0.4) is 0 Å². The minimum absolute atomic E-state index is 0.261. The molecule has 160 valence electrons. The fourth-order valence-electron chi connectivity index (χ4n) is 3.58. The maximum Gasteiger partial charge on any atom is 0.419 e. The van der Waals surface area contributed by atoms with Crippen LogP contribution in [0.1, 0.15) is 44.0 Å². The van der Waals surface area contributed by atoms with Gasteiger partial charge in [0.25, 0.3) is 0 Å². The number of hydrogen-bond acceptors (Lipinski definition) is 3. The first kappa shape index (κ1) is 21.8. The number of hydrogen-bond donors (Lipinski definition) is 1. The van der Waals surface area contributed by atoms with Crippen molar-refractivity contribution in [2.24, 2.45) is 0 Å². The van der Waals surface area contributed by atoms with E-state index in [0.717, 1.165) is 50.4 Å². The molecule has 0 spiro atoms. The van der Waals surface area contributed by atoms with Crippen molar-refractivity contribution in [3.63, 3.8) is 0 Å². The zero-order chi connectivity index (χ0) is 21.2.